The Morgan fingerprint density at radius 2 is 1.00 bits per heavy atom. The second-order valence-electron chi connectivity index (χ2n) is 15.3. The van der Waals surface area contributed by atoms with Gasteiger partial charge >= 0.3 is 0 Å². The molecule has 8 aromatic carbocycles. The Morgan fingerprint density at radius 3 is 1.75 bits per heavy atom. The topological polar surface area (TPSA) is 38.9 Å². The van der Waals surface area contributed by atoms with Crippen molar-refractivity contribution in [2.45, 2.75) is 19.3 Å². The van der Waals surface area contributed by atoms with Gasteiger partial charge in [-0.3, -0.25) is 0 Å². The van der Waals surface area contributed by atoms with Gasteiger partial charge in [-0.1, -0.05) is 159 Å². The SMILES string of the molecule is CC1(C)c2ccccc2-c2c(-c3cc(-c4nc(-c5ccccc5)cc(-c5ccccc5)n4)cc(-c4cccc5c4oc4ccccc45)c3)cc3ccccc3c21. The minimum Gasteiger partial charge on any atom is -0.455 e. The summed E-state index contributed by atoms with van der Waals surface area (Å²) < 4.78 is 6.66. The molecule has 0 unspecified atom stereocenters. The van der Waals surface area contributed by atoms with Gasteiger partial charge in [0.25, 0.3) is 0 Å². The zero-order valence-electron chi connectivity index (χ0n) is 31.1. The molecule has 56 heavy (non-hydrogen) atoms. The highest BCUT2D eigenvalue weighted by molar-refractivity contribution is 6.10. The smallest absolute Gasteiger partial charge is 0.160 e. The van der Waals surface area contributed by atoms with Crippen LogP contribution in [0.5, 0.6) is 0 Å². The summed E-state index contributed by atoms with van der Waals surface area (Å²) >= 11 is 0. The maximum absolute atomic E-state index is 6.66. The normalized spacial score (nSPS) is 13.0. The minimum atomic E-state index is -0.181. The maximum atomic E-state index is 6.66. The lowest BCUT2D eigenvalue weighted by Crippen LogP contribution is -2.15. The average Bonchev–Trinajstić information content (AvgIpc) is 3.76. The van der Waals surface area contributed by atoms with Gasteiger partial charge in [0.05, 0.1) is 11.4 Å². The van der Waals surface area contributed by atoms with E-state index in [1.54, 1.807) is 0 Å². The Labute approximate surface area is 325 Å². The molecule has 0 spiro atoms. The van der Waals surface area contributed by atoms with Gasteiger partial charge in [-0.25, -0.2) is 9.97 Å². The molecule has 2 heterocycles. The van der Waals surface area contributed by atoms with Crippen LogP contribution in [-0.4, -0.2) is 9.97 Å². The summed E-state index contributed by atoms with van der Waals surface area (Å²) in [5.74, 6) is 0.670. The van der Waals surface area contributed by atoms with Gasteiger partial charge in [0.1, 0.15) is 11.2 Å². The molecule has 1 aliphatic carbocycles. The molecule has 0 fully saturated rings. The number of aromatic nitrogens is 2. The molecule has 0 saturated carbocycles. The molecule has 2 aromatic heterocycles. The molecule has 3 heteroatoms. The molecule has 10 aromatic rings. The van der Waals surface area contributed by atoms with E-state index in [-0.39, 0.29) is 5.41 Å². The summed E-state index contributed by atoms with van der Waals surface area (Å²) in [7, 11) is 0. The number of fused-ring (bicyclic) bond motifs is 8. The van der Waals surface area contributed by atoms with Gasteiger partial charge in [-0.15, -0.1) is 0 Å². The molecule has 0 amide bonds. The summed E-state index contributed by atoms with van der Waals surface area (Å²) in [5, 5.41) is 4.73. The Morgan fingerprint density at radius 1 is 0.429 bits per heavy atom. The Kier molecular flexibility index (Phi) is 7.20. The van der Waals surface area contributed by atoms with E-state index in [1.807, 2.05) is 24.3 Å². The van der Waals surface area contributed by atoms with E-state index in [1.165, 1.54) is 38.6 Å². The first-order valence-electron chi connectivity index (χ1n) is 19.2. The quantitative estimate of drug-likeness (QED) is 0.178. The molecular formula is C53H36N2O. The van der Waals surface area contributed by atoms with E-state index >= 15 is 0 Å². The predicted octanol–water partition coefficient (Wildman–Crippen LogP) is 14.2. The third kappa shape index (κ3) is 5.05. The maximum Gasteiger partial charge on any atom is 0.160 e. The van der Waals surface area contributed by atoms with Crippen LogP contribution in [0.3, 0.4) is 0 Å². The first kappa shape index (κ1) is 32.3. The van der Waals surface area contributed by atoms with Crippen molar-refractivity contribution in [2.24, 2.45) is 0 Å². The highest BCUT2D eigenvalue weighted by Gasteiger charge is 2.38. The van der Waals surface area contributed by atoms with Crippen LogP contribution in [0.4, 0.5) is 0 Å². The van der Waals surface area contributed by atoms with Crippen LogP contribution in [0, 0.1) is 0 Å². The fourth-order valence-electron chi connectivity index (χ4n) is 9.02. The number of furan rings is 1. The second kappa shape index (κ2) is 12.5. The monoisotopic (exact) mass is 716 g/mol. The van der Waals surface area contributed by atoms with E-state index in [0.29, 0.717) is 5.82 Å². The van der Waals surface area contributed by atoms with Crippen molar-refractivity contribution in [3.8, 4) is 67.3 Å². The van der Waals surface area contributed by atoms with Crippen LogP contribution < -0.4 is 0 Å². The average molecular weight is 717 g/mol. The highest BCUT2D eigenvalue weighted by atomic mass is 16.3. The van der Waals surface area contributed by atoms with E-state index in [0.717, 1.165) is 66.7 Å². The highest BCUT2D eigenvalue weighted by Crippen LogP contribution is 2.55. The van der Waals surface area contributed by atoms with Crippen LogP contribution in [-0.2, 0) is 5.41 Å². The lowest BCUT2D eigenvalue weighted by molar-refractivity contribution is 0.666. The van der Waals surface area contributed by atoms with Gasteiger partial charge in [0.2, 0.25) is 0 Å². The molecule has 0 aliphatic heterocycles. The molecule has 0 bridgehead atoms. The van der Waals surface area contributed by atoms with Gasteiger partial charge in [-0.05, 0) is 86.1 Å². The molecule has 3 nitrogen and oxygen atoms in total. The van der Waals surface area contributed by atoms with Gasteiger partial charge in [0.15, 0.2) is 5.82 Å². The van der Waals surface area contributed by atoms with Crippen molar-refractivity contribution >= 4 is 32.7 Å². The van der Waals surface area contributed by atoms with Crippen molar-refractivity contribution in [3.63, 3.8) is 0 Å². The zero-order chi connectivity index (χ0) is 37.4. The van der Waals surface area contributed by atoms with Gasteiger partial charge in [0, 0.05) is 38.4 Å². The van der Waals surface area contributed by atoms with Crippen molar-refractivity contribution < 1.29 is 4.42 Å². The predicted molar refractivity (Wildman–Crippen MR) is 232 cm³/mol. The lowest BCUT2D eigenvalue weighted by Gasteiger charge is -2.24. The lowest BCUT2D eigenvalue weighted by atomic mass is 9.79. The van der Waals surface area contributed by atoms with Crippen LogP contribution in [0.15, 0.2) is 186 Å². The molecule has 0 radical (unpaired) electrons. The third-order valence-corrected chi connectivity index (χ3v) is 11.6. The fraction of sp³-hybridized carbons (Fsp3) is 0.0566. The summed E-state index contributed by atoms with van der Waals surface area (Å²) in [5.41, 5.74) is 16.0. The van der Waals surface area contributed by atoms with E-state index in [2.05, 4.69) is 172 Å². The zero-order valence-corrected chi connectivity index (χ0v) is 31.1. The van der Waals surface area contributed by atoms with Crippen LogP contribution in [0.25, 0.3) is 100.0 Å². The summed E-state index contributed by atoms with van der Waals surface area (Å²) in [6, 6.07) is 64.7. The Bertz CT molecular complexity index is 3100. The van der Waals surface area contributed by atoms with Crippen molar-refractivity contribution in [1.29, 1.82) is 0 Å². The van der Waals surface area contributed by atoms with Crippen molar-refractivity contribution in [3.05, 3.63) is 193 Å². The number of para-hydroxylation sites is 2. The molecular weight excluding hydrogens is 681 g/mol. The molecule has 0 saturated heterocycles. The standard InChI is InChI=1S/C53H36N2O/c1-53(2)45-26-13-11-23-43(45)49-44(31-35-20-9-10-21-39(35)50(49)53)37-28-36(40-24-15-25-42-41-22-12-14-27-48(41)56-51(40)42)29-38(30-37)52-54-46(33-16-5-3-6-17-33)32-47(55-52)34-18-7-4-8-19-34/h3-32H,1-2H3. The Hall–Kier alpha value is -7.10. The molecule has 0 atom stereocenters. The summed E-state index contributed by atoms with van der Waals surface area (Å²) in [6.45, 7) is 4.73. The third-order valence-electron chi connectivity index (χ3n) is 11.6. The summed E-state index contributed by atoms with van der Waals surface area (Å²) in [4.78, 5) is 10.6. The van der Waals surface area contributed by atoms with E-state index in [9.17, 15) is 0 Å². The minimum absolute atomic E-state index is 0.181. The van der Waals surface area contributed by atoms with Crippen LogP contribution in [0.1, 0.15) is 25.0 Å². The number of nitrogens with zero attached hydrogens (tertiary/aromatic N) is 2. The van der Waals surface area contributed by atoms with E-state index < -0.39 is 0 Å². The second-order valence-corrected chi connectivity index (χ2v) is 15.3. The Balaban J connectivity index is 1.23. The van der Waals surface area contributed by atoms with Gasteiger partial charge < -0.3 is 4.42 Å². The van der Waals surface area contributed by atoms with Crippen molar-refractivity contribution in [1.82, 2.24) is 9.97 Å². The largest absolute Gasteiger partial charge is 0.455 e. The molecule has 0 N–H and O–H groups in total. The summed E-state index contributed by atoms with van der Waals surface area (Å²) in [6.07, 6.45) is 0. The number of hydrogen-bond donors (Lipinski definition) is 0. The first-order valence-corrected chi connectivity index (χ1v) is 19.2. The number of hydrogen-bond acceptors (Lipinski definition) is 3. The first-order chi connectivity index (χ1) is 27.5. The van der Waals surface area contributed by atoms with E-state index in [4.69, 9.17) is 14.4 Å². The van der Waals surface area contributed by atoms with Crippen molar-refractivity contribution in [2.75, 3.05) is 0 Å². The number of rotatable bonds is 5. The molecule has 1 aliphatic rings. The number of benzene rings is 8. The molecule has 264 valence electrons. The van der Waals surface area contributed by atoms with Crippen LogP contribution in [0.2, 0.25) is 0 Å². The molecule has 11 rings (SSSR count). The van der Waals surface area contributed by atoms with Crippen LogP contribution >= 0.6 is 0 Å². The van der Waals surface area contributed by atoms with Gasteiger partial charge in [-0.2, -0.15) is 0 Å². The fourth-order valence-corrected chi connectivity index (χ4v) is 9.02.